The van der Waals surface area contributed by atoms with Gasteiger partial charge in [-0.3, -0.25) is 0 Å². The molecule has 0 aliphatic carbocycles. The zero-order chi connectivity index (χ0) is 5.11. The highest BCUT2D eigenvalue weighted by Crippen LogP contribution is 2.11. The standard InChI is InChI=1S/C4H10N2S/c5-1-4-2-6-3-7-4/h4,6H,1-3,5H2/t4-/m0/s1. The highest BCUT2D eigenvalue weighted by atomic mass is 32.2. The summed E-state index contributed by atoms with van der Waals surface area (Å²) in [5, 5.41) is 3.89. The fourth-order valence-corrected chi connectivity index (χ4v) is 1.45. The van der Waals surface area contributed by atoms with Crippen LogP contribution in [0.1, 0.15) is 0 Å². The van der Waals surface area contributed by atoms with Gasteiger partial charge in [0.25, 0.3) is 0 Å². The molecule has 3 heteroatoms. The van der Waals surface area contributed by atoms with Crippen LogP contribution in [-0.4, -0.2) is 24.2 Å². The second-order valence-corrected chi connectivity index (χ2v) is 2.91. The minimum Gasteiger partial charge on any atom is -0.329 e. The maximum atomic E-state index is 5.37. The van der Waals surface area contributed by atoms with Crippen molar-refractivity contribution in [3.63, 3.8) is 0 Å². The fraction of sp³-hybridized carbons (Fsp3) is 1.00. The molecule has 0 spiro atoms. The normalized spacial score (nSPS) is 31.3. The van der Waals surface area contributed by atoms with Gasteiger partial charge in [-0.2, -0.15) is 0 Å². The van der Waals surface area contributed by atoms with Gasteiger partial charge in [-0.15, -0.1) is 11.8 Å². The third kappa shape index (κ3) is 1.33. The molecule has 0 radical (unpaired) electrons. The molecule has 2 nitrogen and oxygen atoms in total. The molecule has 1 aliphatic heterocycles. The third-order valence-electron chi connectivity index (χ3n) is 1.06. The predicted octanol–water partition coefficient (Wildman–Crippen LogP) is -0.392. The zero-order valence-corrected chi connectivity index (χ0v) is 5.00. The number of rotatable bonds is 1. The molecular weight excluding hydrogens is 108 g/mol. The molecule has 1 aliphatic rings. The first-order valence-corrected chi connectivity index (χ1v) is 3.50. The lowest BCUT2D eigenvalue weighted by Crippen LogP contribution is -2.20. The van der Waals surface area contributed by atoms with Gasteiger partial charge in [0.15, 0.2) is 0 Å². The second-order valence-electron chi connectivity index (χ2n) is 1.62. The highest BCUT2D eigenvalue weighted by molar-refractivity contribution is 8.00. The Morgan fingerprint density at radius 2 is 2.71 bits per heavy atom. The lowest BCUT2D eigenvalue weighted by atomic mass is 10.4. The molecule has 7 heavy (non-hydrogen) atoms. The van der Waals surface area contributed by atoms with Crippen LogP contribution >= 0.6 is 11.8 Å². The minimum absolute atomic E-state index is 0.681. The van der Waals surface area contributed by atoms with E-state index in [0.29, 0.717) is 5.25 Å². The Balaban J connectivity index is 2.14. The number of hydrogen-bond donors (Lipinski definition) is 2. The summed E-state index contributed by atoms with van der Waals surface area (Å²) in [5.74, 6) is 1.09. The molecule has 0 aromatic heterocycles. The van der Waals surface area contributed by atoms with Gasteiger partial charge in [-0.25, -0.2) is 0 Å². The van der Waals surface area contributed by atoms with Crippen LogP contribution in [0.2, 0.25) is 0 Å². The second kappa shape index (κ2) is 2.55. The van der Waals surface area contributed by atoms with Crippen LogP contribution in [0.4, 0.5) is 0 Å². The number of hydrogen-bond acceptors (Lipinski definition) is 3. The molecule has 1 heterocycles. The van der Waals surface area contributed by atoms with E-state index in [9.17, 15) is 0 Å². The quantitative estimate of drug-likeness (QED) is 0.492. The third-order valence-corrected chi connectivity index (χ3v) is 2.26. The Morgan fingerprint density at radius 3 is 3.00 bits per heavy atom. The van der Waals surface area contributed by atoms with E-state index < -0.39 is 0 Å². The van der Waals surface area contributed by atoms with Crippen LogP contribution in [0.5, 0.6) is 0 Å². The maximum Gasteiger partial charge on any atom is 0.0421 e. The van der Waals surface area contributed by atoms with E-state index in [4.69, 9.17) is 5.73 Å². The first-order chi connectivity index (χ1) is 3.43. The highest BCUT2D eigenvalue weighted by Gasteiger charge is 2.11. The van der Waals surface area contributed by atoms with Crippen LogP contribution < -0.4 is 11.1 Å². The van der Waals surface area contributed by atoms with Crippen molar-refractivity contribution in [1.82, 2.24) is 5.32 Å². The molecule has 0 aromatic carbocycles. The Morgan fingerprint density at radius 1 is 1.86 bits per heavy atom. The largest absolute Gasteiger partial charge is 0.329 e. The maximum absolute atomic E-state index is 5.37. The molecule has 1 rings (SSSR count). The molecule has 0 bridgehead atoms. The van der Waals surface area contributed by atoms with Crippen molar-refractivity contribution in [2.24, 2.45) is 5.73 Å². The smallest absolute Gasteiger partial charge is 0.0421 e. The van der Waals surface area contributed by atoms with E-state index in [1.807, 2.05) is 11.8 Å². The predicted molar refractivity (Wildman–Crippen MR) is 33.3 cm³/mol. The summed E-state index contributed by atoms with van der Waals surface area (Å²) >= 11 is 1.91. The van der Waals surface area contributed by atoms with Crippen LogP contribution in [0, 0.1) is 0 Å². The molecule has 1 atom stereocenters. The van der Waals surface area contributed by atoms with Gasteiger partial charge in [-0.05, 0) is 0 Å². The summed E-state index contributed by atoms with van der Waals surface area (Å²) in [6.45, 7) is 1.92. The monoisotopic (exact) mass is 118 g/mol. The van der Waals surface area contributed by atoms with Gasteiger partial charge >= 0.3 is 0 Å². The summed E-state index contributed by atoms with van der Waals surface area (Å²) in [5.41, 5.74) is 5.37. The van der Waals surface area contributed by atoms with Gasteiger partial charge in [0.1, 0.15) is 0 Å². The van der Waals surface area contributed by atoms with Gasteiger partial charge in [0.2, 0.25) is 0 Å². The van der Waals surface area contributed by atoms with Crippen LogP contribution in [-0.2, 0) is 0 Å². The van der Waals surface area contributed by atoms with Crippen molar-refractivity contribution < 1.29 is 0 Å². The summed E-state index contributed by atoms with van der Waals surface area (Å²) in [6, 6.07) is 0. The summed E-state index contributed by atoms with van der Waals surface area (Å²) in [7, 11) is 0. The fourth-order valence-electron chi connectivity index (χ4n) is 0.607. The first kappa shape index (κ1) is 5.41. The average molecular weight is 118 g/mol. The zero-order valence-electron chi connectivity index (χ0n) is 4.18. The van der Waals surface area contributed by atoms with E-state index in [1.54, 1.807) is 0 Å². The van der Waals surface area contributed by atoms with E-state index in [2.05, 4.69) is 5.32 Å². The van der Waals surface area contributed by atoms with Crippen molar-refractivity contribution in [2.45, 2.75) is 5.25 Å². The molecule has 0 saturated carbocycles. The lowest BCUT2D eigenvalue weighted by Gasteiger charge is -1.98. The first-order valence-electron chi connectivity index (χ1n) is 2.46. The summed E-state index contributed by atoms with van der Waals surface area (Å²) < 4.78 is 0. The van der Waals surface area contributed by atoms with Gasteiger partial charge in [-0.1, -0.05) is 0 Å². The van der Waals surface area contributed by atoms with Crippen molar-refractivity contribution in [1.29, 1.82) is 0 Å². The lowest BCUT2D eigenvalue weighted by molar-refractivity contribution is 0.776. The SMILES string of the molecule is NC[C@H]1CNCS1. The molecule has 42 valence electrons. The number of nitrogens with two attached hydrogens (primary N) is 1. The van der Waals surface area contributed by atoms with Gasteiger partial charge in [0.05, 0.1) is 0 Å². The van der Waals surface area contributed by atoms with Crippen LogP contribution in [0.25, 0.3) is 0 Å². The molecule has 0 aromatic rings. The molecule has 1 saturated heterocycles. The number of nitrogens with one attached hydrogen (secondary N) is 1. The van der Waals surface area contributed by atoms with E-state index in [0.717, 1.165) is 19.0 Å². The summed E-state index contributed by atoms with van der Waals surface area (Å²) in [4.78, 5) is 0. The van der Waals surface area contributed by atoms with Gasteiger partial charge in [0, 0.05) is 24.2 Å². The van der Waals surface area contributed by atoms with E-state index in [-0.39, 0.29) is 0 Å². The average Bonchev–Trinajstić information content (AvgIpc) is 2.14. The van der Waals surface area contributed by atoms with Crippen molar-refractivity contribution >= 4 is 11.8 Å². The molecule has 0 unspecified atom stereocenters. The Kier molecular flexibility index (Phi) is 1.97. The van der Waals surface area contributed by atoms with Crippen LogP contribution in [0.3, 0.4) is 0 Å². The van der Waals surface area contributed by atoms with Crippen molar-refractivity contribution in [2.75, 3.05) is 19.0 Å². The van der Waals surface area contributed by atoms with E-state index >= 15 is 0 Å². The van der Waals surface area contributed by atoms with Crippen molar-refractivity contribution in [3.8, 4) is 0 Å². The minimum atomic E-state index is 0.681. The van der Waals surface area contributed by atoms with E-state index in [1.165, 1.54) is 0 Å². The Labute approximate surface area is 47.8 Å². The molecule has 0 amide bonds. The Bertz CT molecular complexity index is 51.7. The van der Waals surface area contributed by atoms with Gasteiger partial charge < -0.3 is 11.1 Å². The summed E-state index contributed by atoms with van der Waals surface area (Å²) in [6.07, 6.45) is 0. The topological polar surface area (TPSA) is 38.0 Å². The Hall–Kier alpha value is 0.270. The molecular formula is C4H10N2S. The molecule has 3 N–H and O–H groups in total. The van der Waals surface area contributed by atoms with Crippen molar-refractivity contribution in [3.05, 3.63) is 0 Å². The number of thioether (sulfide) groups is 1. The molecule has 1 fully saturated rings. The van der Waals surface area contributed by atoms with Crippen LogP contribution in [0.15, 0.2) is 0 Å².